The summed E-state index contributed by atoms with van der Waals surface area (Å²) in [6.45, 7) is 13.0. The maximum absolute atomic E-state index is 5.24. The van der Waals surface area contributed by atoms with Crippen molar-refractivity contribution in [2.75, 3.05) is 19.8 Å². The van der Waals surface area contributed by atoms with Crippen molar-refractivity contribution in [3.8, 4) is 0 Å². The van der Waals surface area contributed by atoms with Crippen LogP contribution in [-0.4, -0.2) is 19.8 Å². The molecular formula is C11H23NO. The third kappa shape index (κ3) is 7.85. The number of ether oxygens (including phenoxy) is 1. The second-order valence-corrected chi connectivity index (χ2v) is 3.51. The zero-order valence-corrected chi connectivity index (χ0v) is 9.23. The van der Waals surface area contributed by atoms with Crippen molar-refractivity contribution < 1.29 is 4.74 Å². The van der Waals surface area contributed by atoms with Crippen LogP contribution in [0.4, 0.5) is 0 Å². The summed E-state index contributed by atoms with van der Waals surface area (Å²) >= 11 is 0. The molecule has 1 N–H and O–H groups in total. The molecule has 0 atom stereocenters. The Morgan fingerprint density at radius 3 is 2.62 bits per heavy atom. The Morgan fingerprint density at radius 1 is 1.38 bits per heavy atom. The maximum atomic E-state index is 5.24. The summed E-state index contributed by atoms with van der Waals surface area (Å²) in [5, 5.41) is 3.31. The first-order valence-corrected chi connectivity index (χ1v) is 5.18. The van der Waals surface area contributed by atoms with E-state index in [1.165, 1.54) is 0 Å². The lowest BCUT2D eigenvalue weighted by molar-refractivity contribution is 0.143. The van der Waals surface area contributed by atoms with E-state index in [1.54, 1.807) is 0 Å². The Balaban J connectivity index is 3.12. The van der Waals surface area contributed by atoms with Crippen LogP contribution in [0, 0.1) is 5.92 Å². The minimum Gasteiger partial charge on any atom is -0.389 e. The third-order valence-electron chi connectivity index (χ3n) is 1.97. The predicted molar refractivity (Wildman–Crippen MR) is 57.7 cm³/mol. The van der Waals surface area contributed by atoms with E-state index in [4.69, 9.17) is 4.74 Å². The summed E-state index contributed by atoms with van der Waals surface area (Å²) in [5.74, 6) is 0.534. The molecule has 0 radical (unpaired) electrons. The monoisotopic (exact) mass is 185 g/mol. The number of unbranched alkanes of at least 4 members (excludes halogenated alkanes) is 1. The molecule has 0 spiro atoms. The van der Waals surface area contributed by atoms with E-state index in [0.29, 0.717) is 5.92 Å². The van der Waals surface area contributed by atoms with Crippen LogP contribution in [0.2, 0.25) is 0 Å². The van der Waals surface area contributed by atoms with Crippen LogP contribution >= 0.6 is 0 Å². The zero-order valence-electron chi connectivity index (χ0n) is 9.23. The summed E-state index contributed by atoms with van der Waals surface area (Å²) in [5.41, 5.74) is 1.14. The normalized spacial score (nSPS) is 10.5. The summed E-state index contributed by atoms with van der Waals surface area (Å²) in [4.78, 5) is 0. The molecule has 2 heteroatoms. The van der Waals surface area contributed by atoms with Crippen LogP contribution < -0.4 is 5.32 Å². The predicted octanol–water partition coefficient (Wildman–Crippen LogP) is 2.56. The highest BCUT2D eigenvalue weighted by molar-refractivity contribution is 4.93. The molecule has 78 valence electrons. The van der Waals surface area contributed by atoms with Gasteiger partial charge in [-0.2, -0.15) is 0 Å². The van der Waals surface area contributed by atoms with Crippen LogP contribution in [0.25, 0.3) is 0 Å². The van der Waals surface area contributed by atoms with Crippen molar-refractivity contribution >= 4 is 0 Å². The molecule has 0 aliphatic carbocycles. The molecule has 0 saturated heterocycles. The van der Waals surface area contributed by atoms with E-state index in [1.807, 2.05) is 6.92 Å². The van der Waals surface area contributed by atoms with Crippen LogP contribution in [0.15, 0.2) is 12.3 Å². The number of hydrogen-bond acceptors (Lipinski definition) is 2. The second-order valence-electron chi connectivity index (χ2n) is 3.51. The lowest BCUT2D eigenvalue weighted by Crippen LogP contribution is -2.17. The molecule has 0 aromatic carbocycles. The highest BCUT2D eigenvalue weighted by Crippen LogP contribution is 2.02. The molecule has 0 saturated carbocycles. The van der Waals surface area contributed by atoms with Gasteiger partial charge in [0.25, 0.3) is 0 Å². The van der Waals surface area contributed by atoms with Crippen LogP contribution in [-0.2, 0) is 4.74 Å². The number of nitrogens with one attached hydrogen (secondary N) is 1. The molecule has 0 amide bonds. The Morgan fingerprint density at radius 2 is 2.08 bits per heavy atom. The van der Waals surface area contributed by atoms with E-state index >= 15 is 0 Å². The molecule has 0 bridgehead atoms. The quantitative estimate of drug-likeness (QED) is 0.587. The van der Waals surface area contributed by atoms with Crippen molar-refractivity contribution in [1.29, 1.82) is 0 Å². The molecule has 0 aromatic rings. The minimum absolute atomic E-state index is 0.534. The molecule has 2 nitrogen and oxygen atoms in total. The lowest BCUT2D eigenvalue weighted by atomic mass is 10.1. The third-order valence-corrected chi connectivity index (χ3v) is 1.97. The smallest absolute Gasteiger partial charge is 0.0466 e. The number of allylic oxidation sites excluding steroid dienone is 1. The maximum Gasteiger partial charge on any atom is 0.0466 e. The van der Waals surface area contributed by atoms with Crippen molar-refractivity contribution in [2.45, 2.75) is 33.6 Å². The first kappa shape index (κ1) is 12.5. The molecule has 0 aliphatic rings. The Labute approximate surface area is 82.4 Å². The fraction of sp³-hybridized carbons (Fsp3) is 0.818. The Kier molecular flexibility index (Phi) is 7.80. The van der Waals surface area contributed by atoms with Gasteiger partial charge in [0.1, 0.15) is 0 Å². The van der Waals surface area contributed by atoms with Gasteiger partial charge in [-0.1, -0.05) is 20.4 Å². The topological polar surface area (TPSA) is 21.3 Å². The van der Waals surface area contributed by atoms with E-state index < -0.39 is 0 Å². The van der Waals surface area contributed by atoms with Crippen molar-refractivity contribution in [2.24, 2.45) is 5.92 Å². The van der Waals surface area contributed by atoms with Gasteiger partial charge in [-0.3, -0.25) is 0 Å². The van der Waals surface area contributed by atoms with Crippen LogP contribution in [0.5, 0.6) is 0 Å². The standard InChI is InChI=1S/C11H23NO/c1-5-13-9-7-6-8-12-11(4)10(2)3/h10,12H,4-9H2,1-3H3. The average Bonchev–Trinajstić information content (AvgIpc) is 2.10. The van der Waals surface area contributed by atoms with Gasteiger partial charge in [-0.05, 0) is 25.7 Å². The van der Waals surface area contributed by atoms with Gasteiger partial charge in [0.2, 0.25) is 0 Å². The SMILES string of the molecule is C=C(NCCCCOCC)C(C)C. The van der Waals surface area contributed by atoms with E-state index in [-0.39, 0.29) is 0 Å². The fourth-order valence-corrected chi connectivity index (χ4v) is 0.927. The van der Waals surface area contributed by atoms with Gasteiger partial charge in [0.15, 0.2) is 0 Å². The molecule has 0 fully saturated rings. The van der Waals surface area contributed by atoms with Gasteiger partial charge >= 0.3 is 0 Å². The number of rotatable bonds is 8. The van der Waals surface area contributed by atoms with Gasteiger partial charge in [-0.15, -0.1) is 0 Å². The highest BCUT2D eigenvalue weighted by atomic mass is 16.5. The Hall–Kier alpha value is -0.500. The molecule has 0 rings (SSSR count). The van der Waals surface area contributed by atoms with Crippen LogP contribution in [0.1, 0.15) is 33.6 Å². The first-order valence-electron chi connectivity index (χ1n) is 5.18. The molecule has 0 aromatic heterocycles. The van der Waals surface area contributed by atoms with Crippen molar-refractivity contribution in [3.63, 3.8) is 0 Å². The zero-order chi connectivity index (χ0) is 10.1. The van der Waals surface area contributed by atoms with Gasteiger partial charge in [0.05, 0.1) is 0 Å². The van der Waals surface area contributed by atoms with E-state index in [9.17, 15) is 0 Å². The summed E-state index contributed by atoms with van der Waals surface area (Å²) in [6.07, 6.45) is 2.29. The summed E-state index contributed by atoms with van der Waals surface area (Å²) < 4.78 is 5.24. The van der Waals surface area contributed by atoms with Crippen LogP contribution in [0.3, 0.4) is 0 Å². The van der Waals surface area contributed by atoms with Crippen molar-refractivity contribution in [3.05, 3.63) is 12.3 Å². The lowest BCUT2D eigenvalue weighted by Gasteiger charge is -2.12. The van der Waals surface area contributed by atoms with Gasteiger partial charge in [-0.25, -0.2) is 0 Å². The Bertz CT molecular complexity index is 132. The second kappa shape index (κ2) is 8.11. The van der Waals surface area contributed by atoms with E-state index in [2.05, 4.69) is 25.7 Å². The molecule has 13 heavy (non-hydrogen) atoms. The van der Waals surface area contributed by atoms with E-state index in [0.717, 1.165) is 38.3 Å². The highest BCUT2D eigenvalue weighted by Gasteiger charge is 1.97. The van der Waals surface area contributed by atoms with Crippen molar-refractivity contribution in [1.82, 2.24) is 5.32 Å². The molecular weight excluding hydrogens is 162 g/mol. The molecule has 0 aliphatic heterocycles. The average molecular weight is 185 g/mol. The largest absolute Gasteiger partial charge is 0.389 e. The number of hydrogen-bond donors (Lipinski definition) is 1. The minimum atomic E-state index is 0.534. The molecule has 0 heterocycles. The van der Waals surface area contributed by atoms with Gasteiger partial charge < -0.3 is 10.1 Å². The summed E-state index contributed by atoms with van der Waals surface area (Å²) in [6, 6.07) is 0. The van der Waals surface area contributed by atoms with Gasteiger partial charge in [0, 0.05) is 25.5 Å². The molecule has 0 unspecified atom stereocenters. The fourth-order valence-electron chi connectivity index (χ4n) is 0.927. The summed E-state index contributed by atoms with van der Waals surface area (Å²) in [7, 11) is 0. The first-order chi connectivity index (χ1) is 6.18.